The van der Waals surface area contributed by atoms with Crippen molar-refractivity contribution in [3.63, 3.8) is 0 Å². The molecule has 4 nitrogen and oxygen atoms in total. The molecule has 0 aliphatic heterocycles. The molecule has 20 heavy (non-hydrogen) atoms. The molecule has 0 unspecified atom stereocenters. The number of rotatable bonds is 12. The summed E-state index contributed by atoms with van der Waals surface area (Å²) < 4.78 is 10.4. The third-order valence-electron chi connectivity index (χ3n) is 3.10. The van der Waals surface area contributed by atoms with Crippen LogP contribution in [0.2, 0.25) is 0 Å². The summed E-state index contributed by atoms with van der Waals surface area (Å²) in [5.74, 6) is 0. The molecule has 4 heteroatoms. The Kier molecular flexibility index (Phi) is 9.92. The number of nitrogens with zero attached hydrogens (tertiary/aromatic N) is 1. The Balaban J connectivity index is 1.90. The lowest BCUT2D eigenvalue weighted by Gasteiger charge is -2.19. The molecule has 0 aromatic heterocycles. The summed E-state index contributed by atoms with van der Waals surface area (Å²) in [6, 6.07) is 10.5. The normalized spacial score (nSPS) is 10.7. The van der Waals surface area contributed by atoms with Gasteiger partial charge in [0.2, 0.25) is 0 Å². The fraction of sp³-hybridized carbons (Fsp3) is 0.625. The molecule has 0 radical (unpaired) electrons. The number of para-hydroxylation sites is 1. The Morgan fingerprint density at radius 3 is 2.55 bits per heavy atom. The number of hydrogen-bond donors (Lipinski definition) is 1. The lowest BCUT2D eigenvalue weighted by Crippen LogP contribution is -2.26. The summed E-state index contributed by atoms with van der Waals surface area (Å²) in [7, 11) is 3.85. The molecule has 0 heterocycles. The van der Waals surface area contributed by atoms with Gasteiger partial charge in [0.1, 0.15) is 0 Å². The predicted molar refractivity (Wildman–Crippen MR) is 84.5 cm³/mol. The summed E-state index contributed by atoms with van der Waals surface area (Å²) in [6.07, 6.45) is 2.10. The lowest BCUT2D eigenvalue weighted by molar-refractivity contribution is 0.104. The maximum absolute atomic E-state index is 5.48. The van der Waals surface area contributed by atoms with Crippen LogP contribution in [0.5, 0.6) is 0 Å². The zero-order valence-electron chi connectivity index (χ0n) is 12.8. The molecular formula is C16H28N2O2. The molecule has 0 bridgehead atoms. The smallest absolute Gasteiger partial charge is 0.0590 e. The summed E-state index contributed by atoms with van der Waals surface area (Å²) in [5, 5.41) is 3.40. The van der Waals surface area contributed by atoms with Crippen LogP contribution in [-0.2, 0) is 9.47 Å². The topological polar surface area (TPSA) is 33.7 Å². The molecule has 114 valence electrons. The predicted octanol–water partition coefficient (Wildman–Crippen LogP) is 2.16. The van der Waals surface area contributed by atoms with Crippen LogP contribution in [-0.4, -0.2) is 53.6 Å². The lowest BCUT2D eigenvalue weighted by atomic mass is 10.3. The number of methoxy groups -OCH3 is 1. The van der Waals surface area contributed by atoms with E-state index in [1.54, 1.807) is 7.11 Å². The van der Waals surface area contributed by atoms with Gasteiger partial charge in [0.15, 0.2) is 0 Å². The number of hydrogen-bond acceptors (Lipinski definition) is 4. The summed E-state index contributed by atoms with van der Waals surface area (Å²) in [5.41, 5.74) is 1.27. The molecule has 1 N–H and O–H groups in total. The molecule has 1 aromatic carbocycles. The second-order valence-corrected chi connectivity index (χ2v) is 4.82. The highest BCUT2D eigenvalue weighted by atomic mass is 16.5. The third-order valence-corrected chi connectivity index (χ3v) is 3.10. The van der Waals surface area contributed by atoms with Gasteiger partial charge in [-0.05, 0) is 31.5 Å². The highest BCUT2D eigenvalue weighted by Gasteiger charge is 1.98. The first-order valence-corrected chi connectivity index (χ1v) is 7.38. The molecule has 0 aliphatic carbocycles. The Hall–Kier alpha value is -1.10. The fourth-order valence-electron chi connectivity index (χ4n) is 1.93. The van der Waals surface area contributed by atoms with Gasteiger partial charge in [0, 0.05) is 46.1 Å². The molecule has 0 amide bonds. The van der Waals surface area contributed by atoms with Gasteiger partial charge in [-0.15, -0.1) is 0 Å². The van der Waals surface area contributed by atoms with Crippen molar-refractivity contribution < 1.29 is 9.47 Å². The number of benzene rings is 1. The van der Waals surface area contributed by atoms with Crippen LogP contribution in [0, 0.1) is 0 Å². The van der Waals surface area contributed by atoms with Gasteiger partial charge < -0.3 is 19.7 Å². The zero-order valence-corrected chi connectivity index (χ0v) is 12.8. The number of ether oxygens (including phenoxy) is 2. The van der Waals surface area contributed by atoms with Gasteiger partial charge in [0.25, 0.3) is 0 Å². The number of nitrogens with one attached hydrogen (secondary N) is 1. The monoisotopic (exact) mass is 280 g/mol. The maximum atomic E-state index is 5.48. The molecule has 0 atom stereocenters. The van der Waals surface area contributed by atoms with Crippen LogP contribution in [0.4, 0.5) is 5.69 Å². The summed E-state index contributed by atoms with van der Waals surface area (Å²) >= 11 is 0. The maximum Gasteiger partial charge on any atom is 0.0590 e. The van der Waals surface area contributed by atoms with Crippen molar-refractivity contribution in [3.8, 4) is 0 Å². The first-order chi connectivity index (χ1) is 9.84. The van der Waals surface area contributed by atoms with Gasteiger partial charge >= 0.3 is 0 Å². The van der Waals surface area contributed by atoms with E-state index in [4.69, 9.17) is 9.47 Å². The Bertz CT molecular complexity index is 320. The number of anilines is 1. The fourth-order valence-corrected chi connectivity index (χ4v) is 1.93. The van der Waals surface area contributed by atoms with E-state index in [-0.39, 0.29) is 0 Å². The highest BCUT2D eigenvalue weighted by molar-refractivity contribution is 5.44. The van der Waals surface area contributed by atoms with Crippen molar-refractivity contribution >= 4 is 5.69 Å². The molecule has 0 saturated carbocycles. The van der Waals surface area contributed by atoms with Gasteiger partial charge in [-0.3, -0.25) is 0 Å². The second kappa shape index (κ2) is 11.7. The van der Waals surface area contributed by atoms with Crippen molar-refractivity contribution in [2.45, 2.75) is 12.8 Å². The molecule has 0 saturated heterocycles. The minimum Gasteiger partial charge on any atom is -0.385 e. The molecular weight excluding hydrogens is 252 g/mol. The Labute approximate surface area is 123 Å². The van der Waals surface area contributed by atoms with Crippen LogP contribution in [0.1, 0.15) is 12.8 Å². The van der Waals surface area contributed by atoms with Crippen LogP contribution < -0.4 is 10.2 Å². The second-order valence-electron chi connectivity index (χ2n) is 4.82. The highest BCUT2D eigenvalue weighted by Crippen LogP contribution is 2.10. The largest absolute Gasteiger partial charge is 0.385 e. The van der Waals surface area contributed by atoms with Gasteiger partial charge in [-0.2, -0.15) is 0 Å². The minimum absolute atomic E-state index is 0.776. The first kappa shape index (κ1) is 17.0. The van der Waals surface area contributed by atoms with Crippen molar-refractivity contribution in [3.05, 3.63) is 30.3 Å². The van der Waals surface area contributed by atoms with E-state index in [1.165, 1.54) is 5.69 Å². The Morgan fingerprint density at radius 1 is 1.00 bits per heavy atom. The average molecular weight is 280 g/mol. The van der Waals surface area contributed by atoms with E-state index in [0.29, 0.717) is 0 Å². The van der Waals surface area contributed by atoms with Crippen LogP contribution >= 0.6 is 0 Å². The standard InChI is InChI=1S/C16H28N2O2/c1-18(16-8-4-3-5-9-16)12-6-10-17-11-15-20-14-7-13-19-2/h3-5,8-9,17H,6-7,10-15H2,1-2H3. The van der Waals surface area contributed by atoms with Crippen LogP contribution in [0.15, 0.2) is 30.3 Å². The molecule has 0 spiro atoms. The third kappa shape index (κ3) is 8.15. The Morgan fingerprint density at radius 2 is 1.80 bits per heavy atom. The van der Waals surface area contributed by atoms with E-state index in [0.717, 1.165) is 52.3 Å². The summed E-state index contributed by atoms with van der Waals surface area (Å²) in [4.78, 5) is 2.28. The van der Waals surface area contributed by atoms with Crippen molar-refractivity contribution in [2.24, 2.45) is 0 Å². The molecule has 1 aromatic rings. The van der Waals surface area contributed by atoms with Crippen LogP contribution in [0.3, 0.4) is 0 Å². The quantitative estimate of drug-likeness (QED) is 0.595. The minimum atomic E-state index is 0.776. The van der Waals surface area contributed by atoms with Crippen molar-refractivity contribution in [1.29, 1.82) is 0 Å². The summed E-state index contributed by atoms with van der Waals surface area (Å²) in [6.45, 7) is 5.34. The molecule has 0 aliphatic rings. The zero-order chi connectivity index (χ0) is 14.5. The van der Waals surface area contributed by atoms with E-state index >= 15 is 0 Å². The van der Waals surface area contributed by atoms with Crippen LogP contribution in [0.25, 0.3) is 0 Å². The van der Waals surface area contributed by atoms with E-state index in [9.17, 15) is 0 Å². The molecule has 0 fully saturated rings. The van der Waals surface area contributed by atoms with Gasteiger partial charge in [-0.25, -0.2) is 0 Å². The average Bonchev–Trinajstić information content (AvgIpc) is 2.50. The van der Waals surface area contributed by atoms with E-state index in [1.807, 2.05) is 6.07 Å². The van der Waals surface area contributed by atoms with Gasteiger partial charge in [0.05, 0.1) is 6.61 Å². The van der Waals surface area contributed by atoms with Gasteiger partial charge in [-0.1, -0.05) is 18.2 Å². The van der Waals surface area contributed by atoms with E-state index < -0.39 is 0 Å². The van der Waals surface area contributed by atoms with Crippen molar-refractivity contribution in [1.82, 2.24) is 5.32 Å². The van der Waals surface area contributed by atoms with E-state index in [2.05, 4.69) is 41.5 Å². The molecule has 1 rings (SSSR count). The SMILES string of the molecule is COCCCOCCNCCCN(C)c1ccccc1. The van der Waals surface area contributed by atoms with Crippen molar-refractivity contribution in [2.75, 3.05) is 58.5 Å². The first-order valence-electron chi connectivity index (χ1n) is 7.38.